The van der Waals surface area contributed by atoms with Gasteiger partial charge in [-0.15, -0.1) is 0 Å². The highest BCUT2D eigenvalue weighted by atomic mass is 16.5. The molecule has 0 radical (unpaired) electrons. The van der Waals surface area contributed by atoms with Crippen molar-refractivity contribution in [3.63, 3.8) is 0 Å². The molecule has 1 heterocycles. The third-order valence-electron chi connectivity index (χ3n) is 2.28. The number of pyridine rings is 1. The van der Waals surface area contributed by atoms with Gasteiger partial charge in [0, 0.05) is 25.5 Å². The van der Waals surface area contributed by atoms with Gasteiger partial charge < -0.3 is 10.5 Å². The fraction of sp³-hybridized carbons (Fsp3) is 0.583. The van der Waals surface area contributed by atoms with E-state index in [9.17, 15) is 0 Å². The molecule has 1 unspecified atom stereocenters. The average molecular weight is 208 g/mol. The van der Waals surface area contributed by atoms with E-state index in [1.54, 1.807) is 6.20 Å². The lowest BCUT2D eigenvalue weighted by molar-refractivity contribution is 0.124. The van der Waals surface area contributed by atoms with Gasteiger partial charge in [-0.25, -0.2) is 0 Å². The molecule has 3 heteroatoms. The van der Waals surface area contributed by atoms with Crippen molar-refractivity contribution in [3.8, 4) is 0 Å². The molecule has 0 fully saturated rings. The number of hydrogen-bond donors (Lipinski definition) is 1. The Kier molecular flexibility index (Phi) is 5.97. The van der Waals surface area contributed by atoms with Gasteiger partial charge in [0.2, 0.25) is 0 Å². The molecule has 0 aliphatic rings. The van der Waals surface area contributed by atoms with E-state index in [-0.39, 0.29) is 6.04 Å². The van der Waals surface area contributed by atoms with Crippen LogP contribution in [-0.4, -0.2) is 18.2 Å². The molecule has 0 spiro atoms. The monoisotopic (exact) mass is 208 g/mol. The third-order valence-corrected chi connectivity index (χ3v) is 2.28. The number of nitrogens with zero attached hydrogens (tertiary/aromatic N) is 1. The van der Waals surface area contributed by atoms with Gasteiger partial charge in [0.05, 0.1) is 5.69 Å². The molecule has 84 valence electrons. The fourth-order valence-electron chi connectivity index (χ4n) is 1.30. The van der Waals surface area contributed by atoms with Gasteiger partial charge in [0.15, 0.2) is 0 Å². The molecular formula is C12H20N2O. The van der Waals surface area contributed by atoms with Crippen LogP contribution in [0.4, 0.5) is 0 Å². The second kappa shape index (κ2) is 7.37. The van der Waals surface area contributed by atoms with Crippen LogP contribution in [0.2, 0.25) is 0 Å². The molecule has 0 aliphatic carbocycles. The van der Waals surface area contributed by atoms with Crippen molar-refractivity contribution in [2.45, 2.75) is 32.2 Å². The largest absolute Gasteiger partial charge is 0.381 e. The van der Waals surface area contributed by atoms with Crippen LogP contribution in [0.3, 0.4) is 0 Å². The van der Waals surface area contributed by atoms with Crippen LogP contribution in [0, 0.1) is 0 Å². The van der Waals surface area contributed by atoms with E-state index < -0.39 is 0 Å². The lowest BCUT2D eigenvalue weighted by Gasteiger charge is -2.10. The number of ether oxygens (including phenoxy) is 1. The summed E-state index contributed by atoms with van der Waals surface area (Å²) < 4.78 is 5.46. The Hall–Kier alpha value is -0.930. The second-order valence-electron chi connectivity index (χ2n) is 3.62. The number of hydrogen-bond acceptors (Lipinski definition) is 3. The van der Waals surface area contributed by atoms with Crippen molar-refractivity contribution in [2.75, 3.05) is 13.2 Å². The van der Waals surface area contributed by atoms with Crippen molar-refractivity contribution in [3.05, 3.63) is 30.1 Å². The Morgan fingerprint density at radius 2 is 2.27 bits per heavy atom. The molecule has 0 saturated carbocycles. The molecule has 0 saturated heterocycles. The van der Waals surface area contributed by atoms with Gasteiger partial charge in [0.25, 0.3) is 0 Å². The summed E-state index contributed by atoms with van der Waals surface area (Å²) in [5.41, 5.74) is 6.91. The summed E-state index contributed by atoms with van der Waals surface area (Å²) in [6.45, 7) is 3.71. The Bertz CT molecular complexity index is 251. The summed E-state index contributed by atoms with van der Waals surface area (Å²) >= 11 is 0. The minimum Gasteiger partial charge on any atom is -0.381 e. The van der Waals surface area contributed by atoms with Crippen LogP contribution in [0.25, 0.3) is 0 Å². The molecule has 1 rings (SSSR count). The zero-order valence-corrected chi connectivity index (χ0v) is 9.36. The highest BCUT2D eigenvalue weighted by molar-refractivity contribution is 5.07. The van der Waals surface area contributed by atoms with Gasteiger partial charge in [-0.3, -0.25) is 4.98 Å². The first-order valence-corrected chi connectivity index (χ1v) is 5.59. The van der Waals surface area contributed by atoms with E-state index in [2.05, 4.69) is 11.9 Å². The van der Waals surface area contributed by atoms with Crippen LogP contribution < -0.4 is 5.73 Å². The lowest BCUT2D eigenvalue weighted by atomic mass is 10.1. The highest BCUT2D eigenvalue weighted by Crippen LogP contribution is 2.10. The van der Waals surface area contributed by atoms with E-state index in [1.807, 2.05) is 18.2 Å². The molecule has 0 bridgehead atoms. The summed E-state index contributed by atoms with van der Waals surface area (Å²) in [5.74, 6) is 0. The van der Waals surface area contributed by atoms with Crippen LogP contribution in [0.5, 0.6) is 0 Å². The minimum absolute atomic E-state index is 0.00664. The van der Waals surface area contributed by atoms with Gasteiger partial charge >= 0.3 is 0 Å². The van der Waals surface area contributed by atoms with Crippen LogP contribution in [0.1, 0.15) is 37.9 Å². The smallest absolute Gasteiger partial charge is 0.0571 e. The minimum atomic E-state index is -0.00664. The third kappa shape index (κ3) is 4.91. The van der Waals surface area contributed by atoms with E-state index in [1.165, 1.54) is 6.42 Å². The fourth-order valence-corrected chi connectivity index (χ4v) is 1.30. The van der Waals surface area contributed by atoms with Gasteiger partial charge in [-0.05, 0) is 25.0 Å². The van der Waals surface area contributed by atoms with Crippen molar-refractivity contribution in [1.29, 1.82) is 0 Å². The Morgan fingerprint density at radius 3 is 2.93 bits per heavy atom. The van der Waals surface area contributed by atoms with Crippen molar-refractivity contribution in [2.24, 2.45) is 5.73 Å². The maximum absolute atomic E-state index is 5.97. The second-order valence-corrected chi connectivity index (χ2v) is 3.62. The van der Waals surface area contributed by atoms with Crippen molar-refractivity contribution in [1.82, 2.24) is 4.98 Å². The average Bonchev–Trinajstić information content (AvgIpc) is 2.30. The Balaban J connectivity index is 2.16. The summed E-state index contributed by atoms with van der Waals surface area (Å²) in [6, 6.07) is 5.80. The summed E-state index contributed by atoms with van der Waals surface area (Å²) in [6.07, 6.45) is 4.90. The zero-order chi connectivity index (χ0) is 10.9. The van der Waals surface area contributed by atoms with Crippen LogP contribution in [0.15, 0.2) is 24.4 Å². The van der Waals surface area contributed by atoms with E-state index >= 15 is 0 Å². The number of aromatic nitrogens is 1. The predicted octanol–water partition coefficient (Wildman–Crippen LogP) is 2.29. The Labute approximate surface area is 91.7 Å². The molecule has 15 heavy (non-hydrogen) atoms. The Morgan fingerprint density at radius 1 is 1.40 bits per heavy atom. The standard InChI is InChI=1S/C12H20N2O/c1-2-3-9-15-10-7-11(13)12-6-4-5-8-14-12/h4-6,8,11H,2-3,7,9-10,13H2,1H3. The SMILES string of the molecule is CCCCOCCC(N)c1ccccn1. The summed E-state index contributed by atoms with van der Waals surface area (Å²) in [7, 11) is 0. The van der Waals surface area contributed by atoms with Crippen molar-refractivity contribution >= 4 is 0 Å². The molecule has 3 nitrogen and oxygen atoms in total. The molecule has 1 aromatic rings. The van der Waals surface area contributed by atoms with Crippen molar-refractivity contribution < 1.29 is 4.74 Å². The number of nitrogens with two attached hydrogens (primary N) is 1. The van der Waals surface area contributed by atoms with Gasteiger partial charge in [0.1, 0.15) is 0 Å². The maximum atomic E-state index is 5.97. The summed E-state index contributed by atoms with van der Waals surface area (Å²) in [5, 5.41) is 0. The molecule has 0 aliphatic heterocycles. The molecule has 1 atom stereocenters. The molecule has 2 N–H and O–H groups in total. The molecule has 0 amide bonds. The number of rotatable bonds is 7. The molecule has 0 aromatic carbocycles. The van der Waals surface area contributed by atoms with E-state index in [0.717, 1.165) is 31.7 Å². The highest BCUT2D eigenvalue weighted by Gasteiger charge is 2.05. The van der Waals surface area contributed by atoms with Gasteiger partial charge in [-0.2, -0.15) is 0 Å². The number of unbranched alkanes of at least 4 members (excludes halogenated alkanes) is 1. The van der Waals surface area contributed by atoms with Gasteiger partial charge in [-0.1, -0.05) is 19.4 Å². The van der Waals surface area contributed by atoms with E-state index in [0.29, 0.717) is 0 Å². The first-order chi connectivity index (χ1) is 7.34. The lowest BCUT2D eigenvalue weighted by Crippen LogP contribution is -2.14. The van der Waals surface area contributed by atoms with E-state index in [4.69, 9.17) is 10.5 Å². The predicted molar refractivity (Wildman–Crippen MR) is 61.5 cm³/mol. The summed E-state index contributed by atoms with van der Waals surface area (Å²) in [4.78, 5) is 4.21. The quantitative estimate of drug-likeness (QED) is 0.699. The molecule has 1 aromatic heterocycles. The molecular weight excluding hydrogens is 188 g/mol. The zero-order valence-electron chi connectivity index (χ0n) is 9.36. The van der Waals surface area contributed by atoms with Crippen LogP contribution in [-0.2, 0) is 4.74 Å². The maximum Gasteiger partial charge on any atom is 0.0571 e. The topological polar surface area (TPSA) is 48.1 Å². The first kappa shape index (κ1) is 12.1. The normalized spacial score (nSPS) is 12.7. The van der Waals surface area contributed by atoms with Crippen LogP contribution >= 0.6 is 0 Å². The first-order valence-electron chi connectivity index (χ1n) is 5.59.